The molecule has 1 N–H and O–H groups in total. The molecule has 0 aliphatic heterocycles. The van der Waals surface area contributed by atoms with Gasteiger partial charge in [0.1, 0.15) is 5.56 Å². The van der Waals surface area contributed by atoms with Gasteiger partial charge in [-0.3, -0.25) is 14.9 Å². The fraction of sp³-hybridized carbons (Fsp3) is 0. The largest absolute Gasteiger partial charge is 0.305 e. The molecule has 0 radical (unpaired) electrons. The van der Waals surface area contributed by atoms with Gasteiger partial charge in [0.05, 0.1) is 11.0 Å². The maximum Gasteiger partial charge on any atom is 0.285 e. The second-order valence-electron chi connectivity index (χ2n) is 3.60. The van der Waals surface area contributed by atoms with Crippen LogP contribution in [0.25, 0.3) is 0 Å². The van der Waals surface area contributed by atoms with Crippen LogP contribution in [0.1, 0.15) is 10.4 Å². The molecule has 0 saturated heterocycles. The lowest BCUT2D eigenvalue weighted by Gasteiger charge is -2.05. The van der Waals surface area contributed by atoms with E-state index in [9.17, 15) is 23.7 Å². The summed E-state index contributed by atoms with van der Waals surface area (Å²) in [6, 6.07) is 3.67. The summed E-state index contributed by atoms with van der Waals surface area (Å²) in [6.07, 6.45) is 1.36. The smallest absolute Gasteiger partial charge is 0.285 e. The van der Waals surface area contributed by atoms with Gasteiger partial charge in [-0.15, -0.1) is 5.10 Å². The average molecular weight is 280 g/mol. The number of nitro groups is 1. The molecule has 1 aromatic carbocycles. The summed E-state index contributed by atoms with van der Waals surface area (Å²) < 4.78 is 26.1. The molecule has 2 aromatic rings. The summed E-state index contributed by atoms with van der Waals surface area (Å²) in [4.78, 5) is 21.6. The van der Waals surface area contributed by atoms with Gasteiger partial charge >= 0.3 is 0 Å². The van der Waals surface area contributed by atoms with Crippen molar-refractivity contribution in [2.75, 3.05) is 5.32 Å². The number of anilines is 1. The Kier molecular flexibility index (Phi) is 3.60. The van der Waals surface area contributed by atoms with E-state index in [0.717, 1.165) is 0 Å². The molecule has 1 heterocycles. The van der Waals surface area contributed by atoms with Crippen molar-refractivity contribution < 1.29 is 18.5 Å². The second-order valence-corrected chi connectivity index (χ2v) is 3.60. The van der Waals surface area contributed by atoms with E-state index in [0.29, 0.717) is 12.1 Å². The van der Waals surface area contributed by atoms with Crippen molar-refractivity contribution in [3.05, 3.63) is 57.8 Å². The summed E-state index contributed by atoms with van der Waals surface area (Å²) in [7, 11) is 0. The molecule has 0 spiro atoms. The lowest BCUT2D eigenvalue weighted by atomic mass is 10.1. The highest BCUT2D eigenvalue weighted by molar-refractivity contribution is 6.06. The normalized spacial score (nSPS) is 10.1. The first kappa shape index (κ1) is 13.5. The fourth-order valence-electron chi connectivity index (χ4n) is 1.42. The number of nitrogens with one attached hydrogen (secondary N) is 1. The quantitative estimate of drug-likeness (QED) is 0.684. The van der Waals surface area contributed by atoms with E-state index in [1.165, 1.54) is 18.3 Å². The van der Waals surface area contributed by atoms with Crippen LogP contribution in [-0.4, -0.2) is 21.0 Å². The van der Waals surface area contributed by atoms with Crippen molar-refractivity contribution in [1.82, 2.24) is 10.2 Å². The van der Waals surface area contributed by atoms with Crippen molar-refractivity contribution in [3.63, 3.8) is 0 Å². The first-order chi connectivity index (χ1) is 9.49. The van der Waals surface area contributed by atoms with Crippen LogP contribution in [0, 0.1) is 21.7 Å². The average Bonchev–Trinajstić information content (AvgIpc) is 2.42. The van der Waals surface area contributed by atoms with Gasteiger partial charge in [-0.1, -0.05) is 0 Å². The Balaban J connectivity index is 2.39. The Bertz CT molecular complexity index is 679. The lowest BCUT2D eigenvalue weighted by Crippen LogP contribution is -2.15. The van der Waals surface area contributed by atoms with E-state index in [1.807, 2.05) is 0 Å². The summed E-state index contributed by atoms with van der Waals surface area (Å²) in [5, 5.41) is 20.0. The van der Waals surface area contributed by atoms with Gasteiger partial charge < -0.3 is 5.32 Å². The summed E-state index contributed by atoms with van der Waals surface area (Å²) in [5.41, 5.74) is -1.45. The van der Waals surface area contributed by atoms with Crippen LogP contribution in [0.4, 0.5) is 20.3 Å². The molecule has 9 heteroatoms. The molecular formula is C11H6F2N4O3. The van der Waals surface area contributed by atoms with Crippen LogP contribution in [0.15, 0.2) is 30.5 Å². The minimum atomic E-state index is -1.41. The van der Waals surface area contributed by atoms with E-state index < -0.39 is 33.7 Å². The van der Waals surface area contributed by atoms with E-state index in [1.54, 1.807) is 0 Å². The molecule has 0 atom stereocenters. The molecule has 0 bridgehead atoms. The number of hydrogen-bond acceptors (Lipinski definition) is 5. The molecule has 7 nitrogen and oxygen atoms in total. The number of carbonyl (C=O) groups excluding carboxylic acids is 1. The standard InChI is InChI=1S/C11H6F2N4O3/c12-7-4-6(9(17(19)20)5-8(7)13)11(18)15-10-2-1-3-14-16-10/h1-5H,(H,15,16,18). The van der Waals surface area contributed by atoms with E-state index in [-0.39, 0.29) is 5.82 Å². The van der Waals surface area contributed by atoms with Crippen LogP contribution in [0.5, 0.6) is 0 Å². The lowest BCUT2D eigenvalue weighted by molar-refractivity contribution is -0.385. The van der Waals surface area contributed by atoms with Crippen molar-refractivity contribution >= 4 is 17.4 Å². The SMILES string of the molecule is O=C(Nc1cccnn1)c1cc(F)c(F)cc1[N+](=O)[O-]. The molecule has 1 amide bonds. The predicted octanol–water partition coefficient (Wildman–Crippen LogP) is 1.92. The highest BCUT2D eigenvalue weighted by atomic mass is 19.2. The number of aromatic nitrogens is 2. The molecule has 0 aliphatic rings. The number of benzene rings is 1. The molecule has 20 heavy (non-hydrogen) atoms. The van der Waals surface area contributed by atoms with Gasteiger partial charge in [-0.2, -0.15) is 5.10 Å². The Morgan fingerprint density at radius 3 is 2.60 bits per heavy atom. The third-order valence-corrected chi connectivity index (χ3v) is 2.29. The third-order valence-electron chi connectivity index (χ3n) is 2.29. The Morgan fingerprint density at radius 1 is 1.30 bits per heavy atom. The number of amides is 1. The van der Waals surface area contributed by atoms with Gasteiger partial charge in [0, 0.05) is 6.20 Å². The van der Waals surface area contributed by atoms with E-state index >= 15 is 0 Å². The minimum Gasteiger partial charge on any atom is -0.305 e. The van der Waals surface area contributed by atoms with Crippen molar-refractivity contribution in [3.8, 4) is 0 Å². The van der Waals surface area contributed by atoms with Crippen LogP contribution in [0.2, 0.25) is 0 Å². The first-order valence-corrected chi connectivity index (χ1v) is 5.21. The number of nitrogens with zero attached hydrogens (tertiary/aromatic N) is 3. The predicted molar refractivity (Wildman–Crippen MR) is 63.0 cm³/mol. The molecule has 102 valence electrons. The molecule has 0 fully saturated rings. The van der Waals surface area contributed by atoms with Crippen molar-refractivity contribution in [2.24, 2.45) is 0 Å². The highest BCUT2D eigenvalue weighted by Gasteiger charge is 2.24. The zero-order chi connectivity index (χ0) is 14.7. The topological polar surface area (TPSA) is 98.0 Å². The van der Waals surface area contributed by atoms with Crippen molar-refractivity contribution in [1.29, 1.82) is 0 Å². The van der Waals surface area contributed by atoms with Crippen LogP contribution < -0.4 is 5.32 Å². The van der Waals surface area contributed by atoms with Gasteiger partial charge in [0.2, 0.25) is 0 Å². The molecule has 0 unspecified atom stereocenters. The van der Waals surface area contributed by atoms with Gasteiger partial charge in [0.25, 0.3) is 11.6 Å². The molecule has 0 aliphatic carbocycles. The van der Waals surface area contributed by atoms with Crippen molar-refractivity contribution in [2.45, 2.75) is 0 Å². The first-order valence-electron chi connectivity index (χ1n) is 5.21. The highest BCUT2D eigenvalue weighted by Crippen LogP contribution is 2.23. The molecule has 1 aromatic heterocycles. The van der Waals surface area contributed by atoms with Crippen LogP contribution in [-0.2, 0) is 0 Å². The van der Waals surface area contributed by atoms with Gasteiger partial charge in [0.15, 0.2) is 17.5 Å². The number of carbonyl (C=O) groups is 1. The molecule has 2 rings (SSSR count). The minimum absolute atomic E-state index is 0.0246. The number of halogens is 2. The van der Waals surface area contributed by atoms with Gasteiger partial charge in [-0.05, 0) is 18.2 Å². The zero-order valence-electron chi connectivity index (χ0n) is 9.71. The monoisotopic (exact) mass is 280 g/mol. The van der Waals surface area contributed by atoms with E-state index in [2.05, 4.69) is 15.5 Å². The van der Waals surface area contributed by atoms with Crippen LogP contribution in [0.3, 0.4) is 0 Å². The Labute approximate surface area is 110 Å². The Hall–Kier alpha value is -2.97. The Morgan fingerprint density at radius 2 is 2.00 bits per heavy atom. The van der Waals surface area contributed by atoms with E-state index in [4.69, 9.17) is 0 Å². The number of hydrogen-bond donors (Lipinski definition) is 1. The van der Waals surface area contributed by atoms with Crippen LogP contribution >= 0.6 is 0 Å². The summed E-state index contributed by atoms with van der Waals surface area (Å²) in [5.74, 6) is -3.74. The third kappa shape index (κ3) is 2.71. The molecular weight excluding hydrogens is 274 g/mol. The fourth-order valence-corrected chi connectivity index (χ4v) is 1.42. The maximum absolute atomic E-state index is 13.1. The summed E-state index contributed by atoms with van der Waals surface area (Å²) in [6.45, 7) is 0. The van der Waals surface area contributed by atoms with Gasteiger partial charge in [-0.25, -0.2) is 8.78 Å². The zero-order valence-corrected chi connectivity index (χ0v) is 9.71. The maximum atomic E-state index is 13.1. The second kappa shape index (κ2) is 5.34. The number of nitro benzene ring substituents is 1. The summed E-state index contributed by atoms with van der Waals surface area (Å²) >= 11 is 0. The number of rotatable bonds is 3. The molecule has 0 saturated carbocycles.